The summed E-state index contributed by atoms with van der Waals surface area (Å²) in [5.74, 6) is -2.43. The van der Waals surface area contributed by atoms with E-state index < -0.39 is 27.7 Å². The van der Waals surface area contributed by atoms with Crippen LogP contribution in [0.15, 0.2) is 0 Å². The van der Waals surface area contributed by atoms with Crippen LogP contribution in [0.25, 0.3) is 0 Å². The highest BCUT2D eigenvalue weighted by atomic mass is 32.2. The lowest BCUT2D eigenvalue weighted by molar-refractivity contribution is -0.154. The van der Waals surface area contributed by atoms with Gasteiger partial charge in [0.15, 0.2) is 0 Å². The second-order valence-electron chi connectivity index (χ2n) is 2.34. The molecule has 0 aromatic carbocycles. The van der Waals surface area contributed by atoms with Gasteiger partial charge in [-0.2, -0.15) is 0 Å². The lowest BCUT2D eigenvalue weighted by Crippen LogP contribution is -2.36. The van der Waals surface area contributed by atoms with E-state index >= 15 is 0 Å². The molecule has 0 aliphatic rings. The van der Waals surface area contributed by atoms with E-state index in [1.54, 1.807) is 6.92 Å². The summed E-state index contributed by atoms with van der Waals surface area (Å²) in [6.07, 6.45) is 0. The Bertz CT molecular complexity index is 310. The molecule has 0 aliphatic heterocycles. The minimum atomic E-state index is -3.62. The molecule has 0 fully saturated rings. The van der Waals surface area contributed by atoms with Crippen LogP contribution < -0.4 is 10.5 Å². The summed E-state index contributed by atoms with van der Waals surface area (Å²) in [6, 6.07) is 0. The van der Waals surface area contributed by atoms with Gasteiger partial charge >= 0.3 is 11.9 Å². The molecule has 0 unspecified atom stereocenters. The van der Waals surface area contributed by atoms with Gasteiger partial charge in [-0.05, 0) is 6.92 Å². The van der Waals surface area contributed by atoms with Gasteiger partial charge in [-0.1, -0.05) is 0 Å². The summed E-state index contributed by atoms with van der Waals surface area (Å²) in [5, 5.41) is 6.71. The van der Waals surface area contributed by atoms with Crippen LogP contribution in [0.1, 0.15) is 6.92 Å². The number of carbonyl (C=O) groups excluding carboxylic acids is 2. The summed E-state index contributed by atoms with van der Waals surface area (Å²) in [6.45, 7) is 1.42. The number of rotatable bonds is 4. The molecule has 8 heteroatoms. The molecule has 0 aliphatic carbocycles. The summed E-state index contributed by atoms with van der Waals surface area (Å²) < 4.78 is 25.2. The Labute approximate surface area is 81.7 Å². The summed E-state index contributed by atoms with van der Waals surface area (Å²) in [5.41, 5.74) is 0. The van der Waals surface area contributed by atoms with Crippen molar-refractivity contribution in [3.63, 3.8) is 0 Å². The molecule has 0 aromatic heterocycles. The molecule has 1 amide bonds. The molecule has 14 heavy (non-hydrogen) atoms. The predicted molar refractivity (Wildman–Crippen MR) is 47.6 cm³/mol. The largest absolute Gasteiger partial charge is 0.459 e. The molecule has 0 atom stereocenters. The third kappa shape index (κ3) is 6.38. The monoisotopic (exact) mass is 224 g/mol. The molecular formula is C6H12N2O5S. The number of nitrogens with two attached hydrogens (primary N) is 1. The highest BCUT2D eigenvalue weighted by Crippen LogP contribution is 1.79. The van der Waals surface area contributed by atoms with Gasteiger partial charge in [0.2, 0.25) is 10.0 Å². The molecule has 0 heterocycles. The lowest BCUT2D eigenvalue weighted by Gasteiger charge is -2.02. The Morgan fingerprint density at radius 1 is 1.43 bits per heavy atom. The molecule has 0 bridgehead atoms. The second-order valence-corrected chi connectivity index (χ2v) is 4.08. The van der Waals surface area contributed by atoms with E-state index in [9.17, 15) is 18.0 Å². The van der Waals surface area contributed by atoms with Crippen molar-refractivity contribution in [2.45, 2.75) is 6.92 Å². The first-order valence-corrected chi connectivity index (χ1v) is 5.53. The number of ether oxygens (including phenoxy) is 1. The lowest BCUT2D eigenvalue weighted by atomic mass is 10.6. The van der Waals surface area contributed by atoms with Crippen molar-refractivity contribution in [2.75, 3.05) is 18.9 Å². The van der Waals surface area contributed by atoms with E-state index in [4.69, 9.17) is 0 Å². The summed E-state index contributed by atoms with van der Waals surface area (Å²) in [4.78, 5) is 21.5. The Hall–Kier alpha value is -1.15. The van der Waals surface area contributed by atoms with Crippen LogP contribution in [0.2, 0.25) is 0 Å². The van der Waals surface area contributed by atoms with Crippen LogP contribution in [-0.4, -0.2) is 39.2 Å². The maximum Gasteiger partial charge on any atom is 0.396 e. The molecule has 3 N–H and O–H groups in total. The average Bonchev–Trinajstić information content (AvgIpc) is 2.02. The van der Waals surface area contributed by atoms with Crippen molar-refractivity contribution in [3.8, 4) is 0 Å². The first-order chi connectivity index (χ1) is 6.37. The Morgan fingerprint density at radius 2 is 2.00 bits per heavy atom. The Balaban J connectivity index is 3.81. The van der Waals surface area contributed by atoms with Crippen molar-refractivity contribution in [1.29, 1.82) is 0 Å². The van der Waals surface area contributed by atoms with Crippen LogP contribution >= 0.6 is 0 Å². The van der Waals surface area contributed by atoms with Gasteiger partial charge in [0.25, 0.3) is 0 Å². The molecule has 7 nitrogen and oxygen atoms in total. The number of hydrogen-bond acceptors (Lipinski definition) is 5. The van der Waals surface area contributed by atoms with Gasteiger partial charge < -0.3 is 10.1 Å². The number of hydrogen-bond donors (Lipinski definition) is 2. The van der Waals surface area contributed by atoms with Crippen molar-refractivity contribution in [3.05, 3.63) is 0 Å². The van der Waals surface area contributed by atoms with E-state index in [2.05, 4.69) is 15.2 Å². The maximum atomic E-state index is 10.8. The zero-order valence-corrected chi connectivity index (χ0v) is 8.46. The van der Waals surface area contributed by atoms with Crippen molar-refractivity contribution in [1.82, 2.24) is 5.32 Å². The minimum absolute atomic E-state index is 0.0848. The number of esters is 1. The highest BCUT2D eigenvalue weighted by molar-refractivity contribution is 7.89. The zero-order valence-electron chi connectivity index (χ0n) is 7.65. The smallest absolute Gasteiger partial charge is 0.396 e. The van der Waals surface area contributed by atoms with Crippen LogP contribution in [-0.2, 0) is 24.3 Å². The van der Waals surface area contributed by atoms with E-state index in [1.807, 2.05) is 0 Å². The van der Waals surface area contributed by atoms with Gasteiger partial charge in [0, 0.05) is 6.54 Å². The number of nitrogens with one attached hydrogen (secondary N) is 1. The van der Waals surface area contributed by atoms with E-state index in [1.165, 1.54) is 0 Å². The highest BCUT2D eigenvalue weighted by Gasteiger charge is 2.14. The van der Waals surface area contributed by atoms with Crippen LogP contribution in [0.4, 0.5) is 0 Å². The zero-order chi connectivity index (χ0) is 11.2. The molecule has 0 aromatic rings. The fourth-order valence-corrected chi connectivity index (χ4v) is 0.962. The first-order valence-electron chi connectivity index (χ1n) is 3.82. The SMILES string of the molecule is CCOC(=O)C(=O)NCCS(N)(=O)=O. The minimum Gasteiger partial charge on any atom is -0.459 e. The van der Waals surface area contributed by atoms with Gasteiger partial charge in [0.05, 0.1) is 12.4 Å². The molecule has 0 radical (unpaired) electrons. The molecule has 0 saturated heterocycles. The van der Waals surface area contributed by atoms with E-state index in [0.29, 0.717) is 0 Å². The third-order valence-corrected chi connectivity index (χ3v) is 1.91. The van der Waals surface area contributed by atoms with Gasteiger partial charge in [0.1, 0.15) is 0 Å². The summed E-state index contributed by atoms with van der Waals surface area (Å²) >= 11 is 0. The van der Waals surface area contributed by atoms with Crippen LogP contribution in [0, 0.1) is 0 Å². The van der Waals surface area contributed by atoms with Gasteiger partial charge in [-0.15, -0.1) is 0 Å². The molecular weight excluding hydrogens is 212 g/mol. The topological polar surface area (TPSA) is 116 Å². The fourth-order valence-electron chi connectivity index (χ4n) is 0.576. The number of amides is 1. The fraction of sp³-hybridized carbons (Fsp3) is 0.667. The number of primary sulfonamides is 1. The number of sulfonamides is 1. The Morgan fingerprint density at radius 3 is 2.43 bits per heavy atom. The third-order valence-electron chi connectivity index (χ3n) is 1.13. The van der Waals surface area contributed by atoms with Gasteiger partial charge in [-0.3, -0.25) is 4.79 Å². The maximum absolute atomic E-state index is 10.8. The van der Waals surface area contributed by atoms with E-state index in [0.717, 1.165) is 0 Å². The Kier molecular flexibility index (Phi) is 5.10. The normalized spacial score (nSPS) is 10.7. The van der Waals surface area contributed by atoms with Crippen molar-refractivity contribution < 1.29 is 22.7 Å². The summed E-state index contributed by atoms with van der Waals surface area (Å²) in [7, 11) is -3.62. The average molecular weight is 224 g/mol. The van der Waals surface area contributed by atoms with Crippen molar-refractivity contribution in [2.24, 2.45) is 5.14 Å². The standard InChI is InChI=1S/C6H12N2O5S/c1-2-13-6(10)5(9)8-3-4-14(7,11)12/h2-4H2,1H3,(H,8,9)(H2,7,11,12). The van der Waals surface area contributed by atoms with Crippen LogP contribution in [0.3, 0.4) is 0 Å². The van der Waals surface area contributed by atoms with Crippen LogP contribution in [0.5, 0.6) is 0 Å². The second kappa shape index (κ2) is 5.55. The molecule has 82 valence electrons. The van der Waals surface area contributed by atoms with E-state index in [-0.39, 0.29) is 13.2 Å². The molecule has 0 rings (SSSR count). The first kappa shape index (κ1) is 12.8. The van der Waals surface area contributed by atoms with Crippen molar-refractivity contribution >= 4 is 21.9 Å². The van der Waals surface area contributed by atoms with Gasteiger partial charge in [-0.25, -0.2) is 18.4 Å². The number of carbonyl (C=O) groups is 2. The predicted octanol–water partition coefficient (Wildman–Crippen LogP) is -2.05. The molecule has 0 saturated carbocycles. The quantitative estimate of drug-likeness (QED) is 0.421. The molecule has 0 spiro atoms.